The summed E-state index contributed by atoms with van der Waals surface area (Å²) in [5.41, 5.74) is 5.68. The lowest BCUT2D eigenvalue weighted by atomic mass is 10.1. The molecule has 1 aromatic carbocycles. The van der Waals surface area contributed by atoms with Gasteiger partial charge >= 0.3 is 0 Å². The van der Waals surface area contributed by atoms with Crippen molar-refractivity contribution in [2.45, 2.75) is 6.92 Å². The molecule has 2 rings (SSSR count). The van der Waals surface area contributed by atoms with Crippen molar-refractivity contribution < 1.29 is 13.3 Å². The van der Waals surface area contributed by atoms with E-state index in [4.69, 9.17) is 21.9 Å². The smallest absolute Gasteiger partial charge is 0.190 e. The van der Waals surface area contributed by atoms with Gasteiger partial charge in [0.15, 0.2) is 11.6 Å². The second-order valence-corrected chi connectivity index (χ2v) is 3.67. The van der Waals surface area contributed by atoms with Crippen LogP contribution >= 0.6 is 11.6 Å². The van der Waals surface area contributed by atoms with Gasteiger partial charge in [-0.2, -0.15) is 0 Å². The molecule has 3 nitrogen and oxygen atoms in total. The summed E-state index contributed by atoms with van der Waals surface area (Å²) >= 11 is 5.77. The summed E-state index contributed by atoms with van der Waals surface area (Å²) in [6.45, 7) is 1.51. The molecule has 0 spiro atoms. The molecule has 6 heteroatoms. The first kappa shape index (κ1) is 10.9. The molecule has 16 heavy (non-hydrogen) atoms. The molecule has 0 radical (unpaired) electrons. The average molecular weight is 245 g/mol. The Morgan fingerprint density at radius 3 is 2.56 bits per heavy atom. The van der Waals surface area contributed by atoms with Crippen LogP contribution < -0.4 is 5.73 Å². The highest BCUT2D eigenvalue weighted by molar-refractivity contribution is 6.35. The van der Waals surface area contributed by atoms with Crippen molar-refractivity contribution in [3.8, 4) is 11.3 Å². The average Bonchev–Trinajstić information content (AvgIpc) is 2.54. The lowest BCUT2D eigenvalue weighted by Gasteiger charge is -2.02. The second kappa shape index (κ2) is 3.75. The van der Waals surface area contributed by atoms with Crippen molar-refractivity contribution in [3.63, 3.8) is 0 Å². The lowest BCUT2D eigenvalue weighted by molar-refractivity contribution is 0.433. The first-order chi connectivity index (χ1) is 7.50. The Kier molecular flexibility index (Phi) is 2.55. The highest BCUT2D eigenvalue weighted by Crippen LogP contribution is 2.34. The molecule has 0 aliphatic rings. The monoisotopic (exact) mass is 244 g/mol. The van der Waals surface area contributed by atoms with Crippen LogP contribution in [0.4, 0.5) is 14.6 Å². The summed E-state index contributed by atoms with van der Waals surface area (Å²) in [5, 5.41) is 3.41. The van der Waals surface area contributed by atoms with Crippen molar-refractivity contribution in [1.29, 1.82) is 0 Å². The van der Waals surface area contributed by atoms with E-state index in [0.717, 1.165) is 6.07 Å². The Hall–Kier alpha value is -1.62. The van der Waals surface area contributed by atoms with Crippen molar-refractivity contribution >= 4 is 17.4 Å². The molecule has 0 saturated carbocycles. The fraction of sp³-hybridized carbons (Fsp3) is 0.100. The first-order valence-electron chi connectivity index (χ1n) is 4.37. The number of hydrogen-bond donors (Lipinski definition) is 1. The van der Waals surface area contributed by atoms with Crippen molar-refractivity contribution in [1.82, 2.24) is 5.16 Å². The van der Waals surface area contributed by atoms with E-state index < -0.39 is 11.6 Å². The number of anilines is 1. The van der Waals surface area contributed by atoms with E-state index in [2.05, 4.69) is 5.16 Å². The van der Waals surface area contributed by atoms with Crippen LogP contribution in [-0.2, 0) is 0 Å². The Morgan fingerprint density at radius 1 is 1.31 bits per heavy atom. The molecular weight excluding hydrogens is 238 g/mol. The van der Waals surface area contributed by atoms with E-state index in [9.17, 15) is 8.78 Å². The molecule has 0 bridgehead atoms. The maximum atomic E-state index is 13.5. The second-order valence-electron chi connectivity index (χ2n) is 3.29. The molecule has 0 atom stereocenters. The molecule has 0 fully saturated rings. The number of rotatable bonds is 1. The fourth-order valence-electron chi connectivity index (χ4n) is 1.29. The van der Waals surface area contributed by atoms with Crippen molar-refractivity contribution in [3.05, 3.63) is 34.4 Å². The SMILES string of the molecule is Cc1cc(-c2onc(N)c2Cl)c(F)cc1F. The zero-order valence-corrected chi connectivity index (χ0v) is 8.98. The zero-order chi connectivity index (χ0) is 11.9. The van der Waals surface area contributed by atoms with Gasteiger partial charge in [0.05, 0.1) is 5.56 Å². The van der Waals surface area contributed by atoms with Gasteiger partial charge in [0.2, 0.25) is 0 Å². The van der Waals surface area contributed by atoms with Gasteiger partial charge < -0.3 is 10.3 Å². The molecule has 2 aromatic rings. The van der Waals surface area contributed by atoms with Crippen molar-refractivity contribution in [2.24, 2.45) is 0 Å². The Balaban J connectivity index is 2.65. The molecule has 2 N–H and O–H groups in total. The summed E-state index contributed by atoms with van der Waals surface area (Å²) in [6, 6.07) is 2.05. The van der Waals surface area contributed by atoms with Gasteiger partial charge in [-0.3, -0.25) is 0 Å². The number of benzene rings is 1. The fourth-order valence-corrected chi connectivity index (χ4v) is 1.46. The minimum Gasteiger partial charge on any atom is -0.380 e. The maximum absolute atomic E-state index is 13.5. The Labute approximate surface area is 94.8 Å². The van der Waals surface area contributed by atoms with Gasteiger partial charge in [0.25, 0.3) is 0 Å². The number of aromatic nitrogens is 1. The first-order valence-corrected chi connectivity index (χ1v) is 4.75. The molecule has 1 heterocycles. The minimum atomic E-state index is -0.777. The van der Waals surface area contributed by atoms with Crippen LogP contribution in [0.25, 0.3) is 11.3 Å². The third-order valence-electron chi connectivity index (χ3n) is 2.15. The number of nitrogen functional groups attached to an aromatic ring is 1. The number of nitrogens with two attached hydrogens (primary N) is 1. The van der Waals surface area contributed by atoms with Crippen LogP contribution in [0.3, 0.4) is 0 Å². The summed E-state index contributed by atoms with van der Waals surface area (Å²) in [5.74, 6) is -1.44. The van der Waals surface area contributed by atoms with E-state index in [1.807, 2.05) is 0 Å². The van der Waals surface area contributed by atoms with Gasteiger partial charge in [-0.1, -0.05) is 16.8 Å². The number of aryl methyl sites for hydroxylation is 1. The quantitative estimate of drug-likeness (QED) is 0.838. The topological polar surface area (TPSA) is 52.0 Å². The van der Waals surface area contributed by atoms with Crippen LogP contribution in [-0.4, -0.2) is 5.16 Å². The van der Waals surface area contributed by atoms with Crippen LogP contribution in [0.1, 0.15) is 5.56 Å². The number of hydrogen-bond acceptors (Lipinski definition) is 3. The molecular formula is C10H7ClF2N2O. The molecule has 0 unspecified atom stereocenters. The van der Waals surface area contributed by atoms with E-state index in [1.54, 1.807) is 0 Å². The number of halogens is 3. The van der Waals surface area contributed by atoms with Crippen LogP contribution in [0.5, 0.6) is 0 Å². The van der Waals surface area contributed by atoms with E-state index in [-0.39, 0.29) is 27.7 Å². The van der Waals surface area contributed by atoms with Crippen molar-refractivity contribution in [2.75, 3.05) is 5.73 Å². The van der Waals surface area contributed by atoms with Gasteiger partial charge in [0, 0.05) is 6.07 Å². The molecule has 0 aliphatic carbocycles. The van der Waals surface area contributed by atoms with Gasteiger partial charge in [-0.25, -0.2) is 8.78 Å². The zero-order valence-electron chi connectivity index (χ0n) is 8.22. The summed E-state index contributed by atoms with van der Waals surface area (Å²) in [7, 11) is 0. The predicted molar refractivity (Wildman–Crippen MR) is 56.0 cm³/mol. The van der Waals surface area contributed by atoms with E-state index >= 15 is 0 Å². The van der Waals surface area contributed by atoms with E-state index in [1.165, 1.54) is 13.0 Å². The number of nitrogens with zero attached hydrogens (tertiary/aromatic N) is 1. The third-order valence-corrected chi connectivity index (χ3v) is 2.52. The molecule has 1 aromatic heterocycles. The summed E-state index contributed by atoms with van der Waals surface area (Å²) in [4.78, 5) is 0. The predicted octanol–water partition coefficient (Wildman–Crippen LogP) is 3.16. The lowest BCUT2D eigenvalue weighted by Crippen LogP contribution is -1.90. The standard InChI is InChI=1S/C10H7ClF2N2O/c1-4-2-5(7(13)3-6(4)12)9-8(11)10(14)15-16-9/h2-3H,1H3,(H2,14,15). The maximum Gasteiger partial charge on any atom is 0.190 e. The molecule has 84 valence electrons. The molecule has 0 saturated heterocycles. The highest BCUT2D eigenvalue weighted by atomic mass is 35.5. The normalized spacial score (nSPS) is 10.8. The molecule has 0 aliphatic heterocycles. The third kappa shape index (κ3) is 1.63. The van der Waals surface area contributed by atoms with Crippen LogP contribution in [0.15, 0.2) is 16.7 Å². The molecule has 0 amide bonds. The minimum absolute atomic E-state index is 0.000216. The van der Waals surface area contributed by atoms with Gasteiger partial charge in [0.1, 0.15) is 16.7 Å². The largest absolute Gasteiger partial charge is 0.380 e. The highest BCUT2D eigenvalue weighted by Gasteiger charge is 2.18. The van der Waals surface area contributed by atoms with Crippen LogP contribution in [0, 0.1) is 18.6 Å². The Morgan fingerprint density at radius 2 is 2.00 bits per heavy atom. The Bertz CT molecular complexity index is 554. The van der Waals surface area contributed by atoms with Gasteiger partial charge in [-0.05, 0) is 18.6 Å². The summed E-state index contributed by atoms with van der Waals surface area (Å²) in [6.07, 6.45) is 0. The van der Waals surface area contributed by atoms with Gasteiger partial charge in [-0.15, -0.1) is 0 Å². The summed E-state index contributed by atoms with van der Waals surface area (Å²) < 4.78 is 31.3. The van der Waals surface area contributed by atoms with E-state index in [0.29, 0.717) is 0 Å². The van der Waals surface area contributed by atoms with Crippen LogP contribution in [0.2, 0.25) is 5.02 Å².